The highest BCUT2D eigenvalue weighted by Gasteiger charge is 2.21. The minimum Gasteiger partial charge on any atom is -0.545 e. The van der Waals surface area contributed by atoms with E-state index in [0.29, 0.717) is 17.4 Å². The van der Waals surface area contributed by atoms with Gasteiger partial charge in [0, 0.05) is 12.8 Å². The predicted octanol–water partition coefficient (Wildman–Crippen LogP) is 12.2. The van der Waals surface area contributed by atoms with Gasteiger partial charge in [0.15, 0.2) is 12.4 Å². The van der Waals surface area contributed by atoms with E-state index in [4.69, 9.17) is 18.9 Å². The van der Waals surface area contributed by atoms with Crippen molar-refractivity contribution in [1.29, 1.82) is 0 Å². The lowest BCUT2D eigenvalue weighted by molar-refractivity contribution is -0.870. The molecule has 0 saturated heterocycles. The summed E-state index contributed by atoms with van der Waals surface area (Å²) < 4.78 is 22.6. The van der Waals surface area contributed by atoms with Crippen LogP contribution in [0.3, 0.4) is 0 Å². The Morgan fingerprint density at radius 3 is 1.39 bits per heavy atom. The maximum Gasteiger partial charge on any atom is 0.306 e. The first-order valence-electron chi connectivity index (χ1n) is 24.6. The Morgan fingerprint density at radius 2 is 0.919 bits per heavy atom. The van der Waals surface area contributed by atoms with E-state index in [1.54, 1.807) is 0 Å². The second-order valence-electron chi connectivity index (χ2n) is 17.4. The SMILES string of the molecule is CC/C=C\C/C=C\C/C=C\C/C=C\C/C=C\CCCCCCCCCCCC(=O)OC(COC(=O)CCCCCCC/C=C\CCCCC)COC(OCC[N+](C)(C)C)C(=O)[O-]. The Morgan fingerprint density at radius 1 is 0.500 bits per heavy atom. The summed E-state index contributed by atoms with van der Waals surface area (Å²) in [6, 6.07) is 0. The number of nitrogens with zero attached hydrogens (tertiary/aromatic N) is 1. The molecule has 0 saturated carbocycles. The van der Waals surface area contributed by atoms with Crippen LogP contribution in [-0.4, -0.2) is 82.3 Å². The molecule has 2 unspecified atom stereocenters. The van der Waals surface area contributed by atoms with Gasteiger partial charge in [0.05, 0.1) is 40.3 Å². The third-order valence-electron chi connectivity index (χ3n) is 10.2. The van der Waals surface area contributed by atoms with Crippen LogP contribution in [0.1, 0.15) is 187 Å². The first-order chi connectivity index (χ1) is 30.1. The third kappa shape index (κ3) is 44.8. The van der Waals surface area contributed by atoms with Gasteiger partial charge in [-0.25, -0.2) is 0 Å². The molecule has 0 bridgehead atoms. The molecule has 0 fully saturated rings. The number of hydrogen-bond acceptors (Lipinski definition) is 8. The van der Waals surface area contributed by atoms with Crippen molar-refractivity contribution in [2.45, 2.75) is 200 Å². The Labute approximate surface area is 379 Å². The van der Waals surface area contributed by atoms with Crippen LogP contribution in [0, 0.1) is 0 Å². The summed E-state index contributed by atoms with van der Waals surface area (Å²) in [5.41, 5.74) is 0. The van der Waals surface area contributed by atoms with E-state index in [0.717, 1.165) is 96.3 Å². The number of likely N-dealkylation sites (N-methyl/N-ethyl adjacent to an activating group) is 1. The van der Waals surface area contributed by atoms with E-state index in [-0.39, 0.29) is 38.6 Å². The normalized spacial score (nSPS) is 13.5. The van der Waals surface area contributed by atoms with Crippen molar-refractivity contribution in [3.05, 3.63) is 72.9 Å². The Hall–Kier alpha value is -3.27. The van der Waals surface area contributed by atoms with Crippen LogP contribution in [0.4, 0.5) is 0 Å². The molecule has 0 aromatic carbocycles. The average Bonchev–Trinajstić information content (AvgIpc) is 3.23. The largest absolute Gasteiger partial charge is 0.545 e. The van der Waals surface area contributed by atoms with E-state index in [1.165, 1.54) is 57.8 Å². The zero-order chi connectivity index (χ0) is 45.6. The number of allylic oxidation sites excluding steroid dienone is 12. The van der Waals surface area contributed by atoms with Crippen molar-refractivity contribution in [1.82, 2.24) is 0 Å². The third-order valence-corrected chi connectivity index (χ3v) is 10.2. The maximum atomic E-state index is 12.8. The summed E-state index contributed by atoms with van der Waals surface area (Å²) >= 11 is 0. The van der Waals surface area contributed by atoms with Crippen LogP contribution < -0.4 is 5.11 Å². The van der Waals surface area contributed by atoms with Gasteiger partial charge < -0.3 is 33.3 Å². The molecule has 0 aliphatic heterocycles. The minimum absolute atomic E-state index is 0.142. The number of carboxylic acid groups (broad SMARTS) is 1. The lowest BCUT2D eigenvalue weighted by atomic mass is 10.1. The van der Waals surface area contributed by atoms with Gasteiger partial charge in [0.1, 0.15) is 13.2 Å². The van der Waals surface area contributed by atoms with Crippen molar-refractivity contribution in [3.63, 3.8) is 0 Å². The van der Waals surface area contributed by atoms with Crippen LogP contribution in [0.15, 0.2) is 72.9 Å². The molecule has 0 aliphatic rings. The number of ether oxygens (including phenoxy) is 4. The Kier molecular flexibility index (Phi) is 42.0. The van der Waals surface area contributed by atoms with Gasteiger partial charge in [-0.1, -0.05) is 164 Å². The summed E-state index contributed by atoms with van der Waals surface area (Å²) in [6.07, 6.45) is 52.2. The molecule has 0 spiro atoms. The standard InChI is InChI=1S/C53H91NO8/c1-6-8-10-12-14-16-18-20-21-22-23-24-25-26-27-28-29-30-31-32-34-36-38-40-42-44-51(56)62-49(48-61-53(52(57)58)59-46-45-54(3,4)5)47-60-50(55)43-41-39-37-35-33-19-17-15-13-11-9-7-2/h8,10,14-17,20-21,23-24,26-27,49,53H,6-7,9,11-13,18-19,22,25,28-48H2,1-5H3/b10-8-,16-14-,17-15-,21-20-,24-23-,27-26-. The van der Waals surface area contributed by atoms with Gasteiger partial charge in [-0.15, -0.1) is 0 Å². The van der Waals surface area contributed by atoms with Crippen LogP contribution in [0.25, 0.3) is 0 Å². The molecule has 0 aromatic heterocycles. The van der Waals surface area contributed by atoms with Gasteiger partial charge in [-0.3, -0.25) is 9.59 Å². The molecule has 0 rings (SSSR count). The fourth-order valence-electron chi connectivity index (χ4n) is 6.38. The monoisotopic (exact) mass is 870 g/mol. The molecule has 0 N–H and O–H groups in total. The molecule has 356 valence electrons. The highest BCUT2D eigenvalue weighted by Crippen LogP contribution is 2.14. The van der Waals surface area contributed by atoms with Crippen molar-refractivity contribution in [3.8, 4) is 0 Å². The second kappa shape index (κ2) is 44.3. The molecule has 9 heteroatoms. The topological polar surface area (TPSA) is 111 Å². The van der Waals surface area contributed by atoms with E-state index in [1.807, 2.05) is 21.1 Å². The zero-order valence-electron chi connectivity index (χ0n) is 40.2. The van der Waals surface area contributed by atoms with Crippen LogP contribution in [0.2, 0.25) is 0 Å². The van der Waals surface area contributed by atoms with Gasteiger partial charge in [0.25, 0.3) is 0 Å². The summed E-state index contributed by atoms with van der Waals surface area (Å²) in [5, 5.41) is 11.7. The molecule has 62 heavy (non-hydrogen) atoms. The molecule has 0 amide bonds. The van der Waals surface area contributed by atoms with Crippen molar-refractivity contribution >= 4 is 17.9 Å². The Bertz CT molecular complexity index is 1240. The van der Waals surface area contributed by atoms with Crippen molar-refractivity contribution in [2.75, 3.05) is 47.5 Å². The maximum absolute atomic E-state index is 12.8. The van der Waals surface area contributed by atoms with Gasteiger partial charge in [0.2, 0.25) is 0 Å². The lowest BCUT2D eigenvalue weighted by Gasteiger charge is -2.26. The smallest absolute Gasteiger partial charge is 0.306 e. The second-order valence-corrected chi connectivity index (χ2v) is 17.4. The van der Waals surface area contributed by atoms with E-state index < -0.39 is 24.3 Å². The lowest BCUT2D eigenvalue weighted by Crippen LogP contribution is -2.44. The first-order valence-corrected chi connectivity index (χ1v) is 24.6. The van der Waals surface area contributed by atoms with Gasteiger partial charge >= 0.3 is 11.9 Å². The fourth-order valence-corrected chi connectivity index (χ4v) is 6.38. The zero-order valence-corrected chi connectivity index (χ0v) is 40.2. The molecule has 9 nitrogen and oxygen atoms in total. The number of rotatable bonds is 44. The average molecular weight is 870 g/mol. The molecule has 0 radical (unpaired) electrons. The van der Waals surface area contributed by atoms with Crippen LogP contribution >= 0.6 is 0 Å². The summed E-state index contributed by atoms with van der Waals surface area (Å²) in [7, 11) is 5.90. The van der Waals surface area contributed by atoms with Gasteiger partial charge in [-0.2, -0.15) is 0 Å². The number of carbonyl (C=O) groups excluding carboxylic acids is 3. The summed E-state index contributed by atoms with van der Waals surface area (Å²) in [6.45, 7) is 4.57. The fraction of sp³-hybridized carbons (Fsp3) is 0.717. The Balaban J connectivity index is 4.33. The van der Waals surface area contributed by atoms with Crippen molar-refractivity contribution in [2.24, 2.45) is 0 Å². The number of hydrogen-bond donors (Lipinski definition) is 0. The molecular formula is C53H91NO8. The van der Waals surface area contributed by atoms with E-state index >= 15 is 0 Å². The molecule has 2 atom stereocenters. The van der Waals surface area contributed by atoms with Crippen LogP contribution in [0.5, 0.6) is 0 Å². The number of carboxylic acids is 1. The highest BCUT2D eigenvalue weighted by molar-refractivity contribution is 5.70. The van der Waals surface area contributed by atoms with E-state index in [2.05, 4.69) is 86.8 Å². The molecule has 0 aliphatic carbocycles. The van der Waals surface area contributed by atoms with E-state index in [9.17, 15) is 19.5 Å². The molecular weight excluding hydrogens is 779 g/mol. The summed E-state index contributed by atoms with van der Waals surface area (Å²) in [5.74, 6) is -2.31. The number of aliphatic carboxylic acids is 1. The number of esters is 2. The molecule has 0 aromatic rings. The predicted molar refractivity (Wildman–Crippen MR) is 255 cm³/mol. The number of carbonyl (C=O) groups is 3. The number of unbranched alkanes of at least 4 members (excludes halogenated alkanes) is 17. The van der Waals surface area contributed by atoms with Gasteiger partial charge in [-0.05, 0) is 83.5 Å². The first kappa shape index (κ1) is 58.7. The quantitative estimate of drug-likeness (QED) is 0.0196. The summed E-state index contributed by atoms with van der Waals surface area (Å²) in [4.78, 5) is 37.0. The van der Waals surface area contributed by atoms with Crippen molar-refractivity contribution < 1.29 is 42.9 Å². The van der Waals surface area contributed by atoms with Crippen LogP contribution in [-0.2, 0) is 33.3 Å². The number of quaternary nitrogens is 1. The minimum atomic E-state index is -1.63. The highest BCUT2D eigenvalue weighted by atomic mass is 16.7. The molecule has 0 heterocycles.